The monoisotopic (exact) mass is 247 g/mol. The standard InChI is InChI=1S/C13H17N3O2/c1-8-11(9(2)18-16-8)7-17-12-5-3-4-10-6-14-15-13(10)12/h6,12H,3-5,7H2,1-2H3,(H,14,15)/t12-/m0/s1. The first-order chi connectivity index (χ1) is 8.75. The van der Waals surface area contributed by atoms with Crippen molar-refractivity contribution < 1.29 is 9.26 Å². The highest BCUT2D eigenvalue weighted by Crippen LogP contribution is 2.31. The lowest BCUT2D eigenvalue weighted by Crippen LogP contribution is -2.12. The molecule has 2 aromatic heterocycles. The molecule has 3 rings (SSSR count). The van der Waals surface area contributed by atoms with E-state index in [0.717, 1.165) is 42.0 Å². The van der Waals surface area contributed by atoms with E-state index < -0.39 is 0 Å². The number of ether oxygens (including phenoxy) is 1. The minimum Gasteiger partial charge on any atom is -0.367 e. The molecule has 0 aliphatic heterocycles. The van der Waals surface area contributed by atoms with Crippen LogP contribution in [-0.2, 0) is 17.8 Å². The average Bonchev–Trinajstić information content (AvgIpc) is 2.95. The lowest BCUT2D eigenvalue weighted by molar-refractivity contribution is 0.0247. The van der Waals surface area contributed by atoms with Gasteiger partial charge in [-0.2, -0.15) is 5.10 Å². The molecule has 1 aliphatic rings. The summed E-state index contributed by atoms with van der Waals surface area (Å²) in [5.74, 6) is 0.841. The number of nitrogens with one attached hydrogen (secondary N) is 1. The summed E-state index contributed by atoms with van der Waals surface area (Å²) in [4.78, 5) is 0. The highest BCUT2D eigenvalue weighted by Gasteiger charge is 2.23. The molecule has 0 saturated heterocycles. The van der Waals surface area contributed by atoms with Crippen LogP contribution in [0.1, 0.15) is 47.2 Å². The van der Waals surface area contributed by atoms with Gasteiger partial charge in [0, 0.05) is 5.56 Å². The normalized spacial score (nSPS) is 18.9. The molecule has 96 valence electrons. The van der Waals surface area contributed by atoms with Gasteiger partial charge in [-0.1, -0.05) is 5.16 Å². The van der Waals surface area contributed by atoms with Crippen LogP contribution >= 0.6 is 0 Å². The molecular weight excluding hydrogens is 230 g/mol. The highest BCUT2D eigenvalue weighted by molar-refractivity contribution is 5.23. The van der Waals surface area contributed by atoms with E-state index in [1.54, 1.807) is 0 Å². The number of nitrogens with zero attached hydrogens (tertiary/aromatic N) is 2. The summed E-state index contributed by atoms with van der Waals surface area (Å²) >= 11 is 0. The molecular formula is C13H17N3O2. The van der Waals surface area contributed by atoms with Gasteiger partial charge in [0.1, 0.15) is 5.76 Å². The Labute approximate surface area is 106 Å². The molecule has 0 radical (unpaired) electrons. The molecule has 2 heterocycles. The fraction of sp³-hybridized carbons (Fsp3) is 0.538. The van der Waals surface area contributed by atoms with Crippen molar-refractivity contribution in [3.63, 3.8) is 0 Å². The van der Waals surface area contributed by atoms with Gasteiger partial charge >= 0.3 is 0 Å². The van der Waals surface area contributed by atoms with Crippen LogP contribution in [0.5, 0.6) is 0 Å². The SMILES string of the molecule is Cc1noc(C)c1CO[C@H]1CCCc2cn[nH]c21. The van der Waals surface area contributed by atoms with Crippen molar-refractivity contribution >= 4 is 0 Å². The topological polar surface area (TPSA) is 63.9 Å². The molecule has 1 atom stereocenters. The summed E-state index contributed by atoms with van der Waals surface area (Å²) in [5.41, 5.74) is 4.38. The number of hydrogen-bond donors (Lipinski definition) is 1. The van der Waals surface area contributed by atoms with E-state index in [-0.39, 0.29) is 6.10 Å². The van der Waals surface area contributed by atoms with Crippen LogP contribution in [0.2, 0.25) is 0 Å². The zero-order chi connectivity index (χ0) is 12.5. The van der Waals surface area contributed by atoms with Gasteiger partial charge in [0.25, 0.3) is 0 Å². The number of fused-ring (bicyclic) bond motifs is 1. The van der Waals surface area contributed by atoms with E-state index in [9.17, 15) is 0 Å². The largest absolute Gasteiger partial charge is 0.367 e. The summed E-state index contributed by atoms with van der Waals surface area (Å²) in [6, 6.07) is 0. The fourth-order valence-corrected chi connectivity index (χ4v) is 2.48. The summed E-state index contributed by atoms with van der Waals surface area (Å²) in [6.45, 7) is 4.41. The van der Waals surface area contributed by atoms with E-state index in [0.29, 0.717) is 6.61 Å². The molecule has 5 nitrogen and oxygen atoms in total. The molecule has 5 heteroatoms. The number of aromatic nitrogens is 3. The number of rotatable bonds is 3. The third-order valence-corrected chi connectivity index (χ3v) is 3.60. The van der Waals surface area contributed by atoms with Gasteiger partial charge < -0.3 is 9.26 Å². The summed E-state index contributed by atoms with van der Waals surface area (Å²) in [7, 11) is 0. The smallest absolute Gasteiger partial charge is 0.139 e. The van der Waals surface area contributed by atoms with Gasteiger partial charge in [0.15, 0.2) is 0 Å². The number of hydrogen-bond acceptors (Lipinski definition) is 4. The first-order valence-corrected chi connectivity index (χ1v) is 6.31. The molecule has 2 aromatic rings. The summed E-state index contributed by atoms with van der Waals surface area (Å²) in [6.07, 6.45) is 5.31. The van der Waals surface area contributed by atoms with Gasteiger partial charge in [-0.15, -0.1) is 0 Å². The van der Waals surface area contributed by atoms with Crippen LogP contribution in [-0.4, -0.2) is 15.4 Å². The highest BCUT2D eigenvalue weighted by atomic mass is 16.5. The van der Waals surface area contributed by atoms with Crippen LogP contribution in [0.15, 0.2) is 10.7 Å². The Hall–Kier alpha value is -1.62. The second kappa shape index (κ2) is 4.57. The molecule has 0 saturated carbocycles. The Balaban J connectivity index is 1.72. The predicted molar refractivity (Wildman–Crippen MR) is 65.0 cm³/mol. The van der Waals surface area contributed by atoms with Crippen molar-refractivity contribution in [2.24, 2.45) is 0 Å². The molecule has 1 N–H and O–H groups in total. The van der Waals surface area contributed by atoms with Crippen LogP contribution in [0.25, 0.3) is 0 Å². The van der Waals surface area contributed by atoms with Gasteiger partial charge in [-0.25, -0.2) is 0 Å². The minimum atomic E-state index is 0.116. The van der Waals surface area contributed by atoms with E-state index in [4.69, 9.17) is 9.26 Å². The second-order valence-corrected chi connectivity index (χ2v) is 4.80. The summed E-state index contributed by atoms with van der Waals surface area (Å²) in [5, 5.41) is 11.1. The minimum absolute atomic E-state index is 0.116. The maximum absolute atomic E-state index is 6.00. The van der Waals surface area contributed by atoms with Crippen LogP contribution < -0.4 is 0 Å². The molecule has 0 aromatic carbocycles. The molecule has 0 unspecified atom stereocenters. The van der Waals surface area contributed by atoms with Crippen molar-refractivity contribution in [1.29, 1.82) is 0 Å². The Kier molecular flexibility index (Phi) is 2.91. The fourth-order valence-electron chi connectivity index (χ4n) is 2.48. The third-order valence-electron chi connectivity index (χ3n) is 3.60. The van der Waals surface area contributed by atoms with E-state index in [2.05, 4.69) is 15.4 Å². The Morgan fingerprint density at radius 1 is 1.50 bits per heavy atom. The summed E-state index contributed by atoms with van der Waals surface area (Å²) < 4.78 is 11.1. The number of aromatic amines is 1. The molecule has 18 heavy (non-hydrogen) atoms. The van der Waals surface area contributed by atoms with Crippen LogP contribution in [0.3, 0.4) is 0 Å². The molecule has 0 bridgehead atoms. The van der Waals surface area contributed by atoms with E-state index in [1.807, 2.05) is 20.0 Å². The molecule has 0 spiro atoms. The average molecular weight is 247 g/mol. The maximum Gasteiger partial charge on any atom is 0.139 e. The van der Waals surface area contributed by atoms with Gasteiger partial charge in [-0.3, -0.25) is 5.10 Å². The first kappa shape index (κ1) is 11.5. The lowest BCUT2D eigenvalue weighted by atomic mass is 9.96. The Morgan fingerprint density at radius 2 is 2.39 bits per heavy atom. The second-order valence-electron chi connectivity index (χ2n) is 4.80. The molecule has 0 fully saturated rings. The lowest BCUT2D eigenvalue weighted by Gasteiger charge is -2.22. The maximum atomic E-state index is 6.00. The third kappa shape index (κ3) is 1.95. The van der Waals surface area contributed by atoms with Crippen molar-refractivity contribution in [2.75, 3.05) is 0 Å². The van der Waals surface area contributed by atoms with Crippen molar-refractivity contribution in [2.45, 2.75) is 45.8 Å². The van der Waals surface area contributed by atoms with Gasteiger partial charge in [-0.05, 0) is 38.7 Å². The van der Waals surface area contributed by atoms with Crippen molar-refractivity contribution in [3.05, 3.63) is 34.5 Å². The van der Waals surface area contributed by atoms with E-state index >= 15 is 0 Å². The zero-order valence-corrected chi connectivity index (χ0v) is 10.7. The quantitative estimate of drug-likeness (QED) is 0.905. The van der Waals surface area contributed by atoms with Crippen molar-refractivity contribution in [1.82, 2.24) is 15.4 Å². The predicted octanol–water partition coefficient (Wildman–Crippen LogP) is 2.61. The van der Waals surface area contributed by atoms with Crippen molar-refractivity contribution in [3.8, 4) is 0 Å². The first-order valence-electron chi connectivity index (χ1n) is 6.31. The zero-order valence-electron chi connectivity index (χ0n) is 10.7. The number of H-pyrrole nitrogens is 1. The van der Waals surface area contributed by atoms with E-state index in [1.165, 1.54) is 5.56 Å². The van der Waals surface area contributed by atoms with Gasteiger partial charge in [0.05, 0.1) is 30.3 Å². The number of aryl methyl sites for hydroxylation is 3. The Morgan fingerprint density at radius 3 is 3.17 bits per heavy atom. The Bertz CT molecular complexity index is 525. The van der Waals surface area contributed by atoms with Gasteiger partial charge in [0.2, 0.25) is 0 Å². The molecule has 1 aliphatic carbocycles. The molecule has 0 amide bonds. The van der Waals surface area contributed by atoms with Crippen LogP contribution in [0, 0.1) is 13.8 Å². The van der Waals surface area contributed by atoms with Crippen LogP contribution in [0.4, 0.5) is 0 Å².